The van der Waals surface area contributed by atoms with Crippen molar-refractivity contribution in [1.29, 1.82) is 0 Å². The van der Waals surface area contributed by atoms with E-state index in [0.29, 0.717) is 0 Å². The molecule has 64 valence electrons. The summed E-state index contributed by atoms with van der Waals surface area (Å²) in [6.45, 7) is 1.01. The first-order chi connectivity index (χ1) is 5.70. The van der Waals surface area contributed by atoms with Gasteiger partial charge in [-0.05, 0) is 49.4 Å². The molecule has 0 atom stereocenters. The minimum atomic E-state index is -0.213. The molecule has 0 spiro atoms. The Morgan fingerprint density at radius 2 is 2.00 bits per heavy atom. The average molecular weight is 291 g/mol. The van der Waals surface area contributed by atoms with Crippen molar-refractivity contribution in [2.45, 2.75) is 9.78 Å². The van der Waals surface area contributed by atoms with Gasteiger partial charge in [-0.15, -0.1) is 0 Å². The molecular weight excluding hydrogens is 282 g/mol. The number of hydrogen-bond donors (Lipinski definition) is 1. The van der Waals surface area contributed by atoms with E-state index in [4.69, 9.17) is 0 Å². The molecule has 0 bridgehead atoms. The number of alkyl halides is 2. The van der Waals surface area contributed by atoms with Gasteiger partial charge in [-0.2, -0.15) is 0 Å². The quantitative estimate of drug-likeness (QED) is 0.572. The molecule has 0 aromatic heterocycles. The second kappa shape index (κ2) is 3.13. The SMILES string of the molecule is BrC1(Br)NCCc2ccccc21. The zero-order chi connectivity index (χ0) is 8.60. The Kier molecular flexibility index (Phi) is 2.27. The summed E-state index contributed by atoms with van der Waals surface area (Å²) in [5.41, 5.74) is 2.70. The first-order valence-electron chi connectivity index (χ1n) is 3.91. The van der Waals surface area contributed by atoms with Gasteiger partial charge in [-0.25, -0.2) is 0 Å². The van der Waals surface area contributed by atoms with E-state index in [1.807, 2.05) is 0 Å². The van der Waals surface area contributed by atoms with Gasteiger partial charge in [-0.3, -0.25) is 5.32 Å². The van der Waals surface area contributed by atoms with Crippen LogP contribution in [0.3, 0.4) is 0 Å². The summed E-state index contributed by atoms with van der Waals surface area (Å²) in [6, 6.07) is 8.45. The summed E-state index contributed by atoms with van der Waals surface area (Å²) in [7, 11) is 0. The summed E-state index contributed by atoms with van der Waals surface area (Å²) in [4.78, 5) is 0. The molecule has 0 unspecified atom stereocenters. The van der Waals surface area contributed by atoms with Crippen molar-refractivity contribution < 1.29 is 0 Å². The van der Waals surface area contributed by atoms with Crippen molar-refractivity contribution in [1.82, 2.24) is 5.32 Å². The van der Waals surface area contributed by atoms with Gasteiger partial charge in [0.15, 0.2) is 3.36 Å². The standard InChI is InChI=1S/C9H9Br2N/c10-9(11)8-4-2-1-3-7(8)5-6-12-9/h1-4,12H,5-6H2. The Hall–Kier alpha value is 0.140. The molecule has 0 amide bonds. The number of rotatable bonds is 0. The summed E-state index contributed by atoms with van der Waals surface area (Å²) < 4.78 is -0.213. The van der Waals surface area contributed by atoms with Gasteiger partial charge in [0, 0.05) is 6.54 Å². The maximum atomic E-state index is 3.60. The van der Waals surface area contributed by atoms with Gasteiger partial charge in [-0.1, -0.05) is 24.3 Å². The zero-order valence-corrected chi connectivity index (χ0v) is 9.65. The van der Waals surface area contributed by atoms with Crippen LogP contribution in [-0.2, 0) is 9.78 Å². The van der Waals surface area contributed by atoms with Crippen LogP contribution in [0.2, 0.25) is 0 Å². The molecular formula is C9H9Br2N. The van der Waals surface area contributed by atoms with Crippen LogP contribution in [0.25, 0.3) is 0 Å². The first kappa shape index (κ1) is 8.73. The lowest BCUT2D eigenvalue weighted by Gasteiger charge is -2.30. The van der Waals surface area contributed by atoms with Crippen molar-refractivity contribution in [2.24, 2.45) is 0 Å². The zero-order valence-electron chi connectivity index (χ0n) is 6.48. The summed E-state index contributed by atoms with van der Waals surface area (Å²) in [5, 5.41) is 3.35. The minimum Gasteiger partial charge on any atom is -0.289 e. The van der Waals surface area contributed by atoms with Crippen molar-refractivity contribution in [2.75, 3.05) is 6.54 Å². The molecule has 0 radical (unpaired) electrons. The second-order valence-electron chi connectivity index (χ2n) is 2.91. The fraction of sp³-hybridized carbons (Fsp3) is 0.333. The fourth-order valence-corrected chi connectivity index (χ4v) is 2.66. The monoisotopic (exact) mass is 289 g/mol. The number of nitrogens with one attached hydrogen (secondary N) is 1. The van der Waals surface area contributed by atoms with Gasteiger partial charge >= 0.3 is 0 Å². The average Bonchev–Trinajstić information content (AvgIpc) is 2.04. The summed E-state index contributed by atoms with van der Waals surface area (Å²) >= 11 is 7.19. The van der Waals surface area contributed by atoms with Crippen LogP contribution in [-0.4, -0.2) is 6.54 Å². The van der Waals surface area contributed by atoms with Crippen molar-refractivity contribution in [3.63, 3.8) is 0 Å². The molecule has 1 aliphatic rings. The van der Waals surface area contributed by atoms with Crippen molar-refractivity contribution >= 4 is 31.9 Å². The topological polar surface area (TPSA) is 12.0 Å². The Morgan fingerprint density at radius 3 is 2.75 bits per heavy atom. The highest BCUT2D eigenvalue weighted by atomic mass is 79.9. The van der Waals surface area contributed by atoms with E-state index in [1.165, 1.54) is 11.1 Å². The van der Waals surface area contributed by atoms with Gasteiger partial charge in [0.05, 0.1) is 0 Å². The largest absolute Gasteiger partial charge is 0.289 e. The molecule has 0 fully saturated rings. The number of fused-ring (bicyclic) bond motifs is 1. The van der Waals surface area contributed by atoms with Crippen LogP contribution in [0.5, 0.6) is 0 Å². The minimum absolute atomic E-state index is 0.213. The molecule has 1 aromatic carbocycles. The lowest BCUT2D eigenvalue weighted by molar-refractivity contribution is 0.611. The van der Waals surface area contributed by atoms with Gasteiger partial charge in [0.1, 0.15) is 0 Å². The highest BCUT2D eigenvalue weighted by Crippen LogP contribution is 2.39. The van der Waals surface area contributed by atoms with E-state index in [2.05, 4.69) is 61.4 Å². The molecule has 12 heavy (non-hydrogen) atoms. The molecule has 1 nitrogen and oxygen atoms in total. The fourth-order valence-electron chi connectivity index (χ4n) is 1.49. The maximum absolute atomic E-state index is 3.60. The van der Waals surface area contributed by atoms with Crippen LogP contribution in [0.1, 0.15) is 11.1 Å². The van der Waals surface area contributed by atoms with E-state index < -0.39 is 0 Å². The van der Waals surface area contributed by atoms with E-state index >= 15 is 0 Å². The van der Waals surface area contributed by atoms with Gasteiger partial charge < -0.3 is 0 Å². The van der Waals surface area contributed by atoms with Crippen LogP contribution in [0.15, 0.2) is 24.3 Å². The van der Waals surface area contributed by atoms with E-state index in [-0.39, 0.29) is 3.36 Å². The number of halogens is 2. The van der Waals surface area contributed by atoms with E-state index in [9.17, 15) is 0 Å². The molecule has 1 heterocycles. The third-order valence-corrected chi connectivity index (χ3v) is 3.51. The molecule has 1 aromatic rings. The Morgan fingerprint density at radius 1 is 1.25 bits per heavy atom. The summed E-state index contributed by atoms with van der Waals surface area (Å²) in [5.74, 6) is 0. The normalized spacial score (nSPS) is 20.2. The maximum Gasteiger partial charge on any atom is 0.156 e. The lowest BCUT2D eigenvalue weighted by Crippen LogP contribution is -2.37. The first-order valence-corrected chi connectivity index (χ1v) is 5.50. The predicted molar refractivity (Wildman–Crippen MR) is 57.7 cm³/mol. The van der Waals surface area contributed by atoms with Crippen LogP contribution in [0, 0.1) is 0 Å². The highest BCUT2D eigenvalue weighted by Gasteiger charge is 2.29. The smallest absolute Gasteiger partial charge is 0.156 e. The Bertz CT molecular complexity index is 296. The van der Waals surface area contributed by atoms with Crippen LogP contribution < -0.4 is 5.32 Å². The molecule has 3 heteroatoms. The molecule has 1 N–H and O–H groups in total. The van der Waals surface area contributed by atoms with Crippen molar-refractivity contribution in [3.8, 4) is 0 Å². The molecule has 0 saturated carbocycles. The molecule has 2 rings (SSSR count). The van der Waals surface area contributed by atoms with Gasteiger partial charge in [0.2, 0.25) is 0 Å². The Labute approximate surface area is 88.8 Å². The van der Waals surface area contributed by atoms with E-state index in [1.54, 1.807) is 0 Å². The number of benzene rings is 1. The van der Waals surface area contributed by atoms with Crippen LogP contribution in [0.4, 0.5) is 0 Å². The molecule has 1 aliphatic heterocycles. The summed E-state index contributed by atoms with van der Waals surface area (Å²) in [6.07, 6.45) is 1.11. The number of hydrogen-bond acceptors (Lipinski definition) is 1. The lowest BCUT2D eigenvalue weighted by atomic mass is 10.0. The third-order valence-electron chi connectivity index (χ3n) is 2.10. The Balaban J connectivity index is 2.52. The van der Waals surface area contributed by atoms with Crippen LogP contribution >= 0.6 is 31.9 Å². The third kappa shape index (κ3) is 1.45. The predicted octanol–water partition coefficient (Wildman–Crippen LogP) is 2.73. The van der Waals surface area contributed by atoms with E-state index in [0.717, 1.165) is 13.0 Å². The van der Waals surface area contributed by atoms with Gasteiger partial charge in [0.25, 0.3) is 0 Å². The second-order valence-corrected chi connectivity index (χ2v) is 6.35. The molecule has 0 aliphatic carbocycles. The van der Waals surface area contributed by atoms with Crippen molar-refractivity contribution in [3.05, 3.63) is 35.4 Å². The highest BCUT2D eigenvalue weighted by molar-refractivity contribution is 9.24. The molecule has 0 saturated heterocycles.